The van der Waals surface area contributed by atoms with Crippen LogP contribution in [0.4, 0.5) is 0 Å². The van der Waals surface area contributed by atoms with Crippen molar-refractivity contribution in [2.45, 2.75) is 26.7 Å². The molecule has 0 aromatic carbocycles. The van der Waals surface area contributed by atoms with E-state index in [4.69, 9.17) is 10.4 Å². The highest BCUT2D eigenvalue weighted by atomic mass is 31.2. The lowest BCUT2D eigenvalue weighted by Crippen LogP contribution is -2.22. The van der Waals surface area contributed by atoms with Crippen molar-refractivity contribution in [1.82, 2.24) is 4.67 Å². The molecule has 10 heavy (non-hydrogen) atoms. The Morgan fingerprint density at radius 2 is 1.70 bits per heavy atom. The van der Waals surface area contributed by atoms with E-state index in [-0.39, 0.29) is 0 Å². The second-order valence-electron chi connectivity index (χ2n) is 2.27. The van der Waals surface area contributed by atoms with Crippen LogP contribution < -0.4 is 5.50 Å². The van der Waals surface area contributed by atoms with Gasteiger partial charge in [-0.2, -0.15) is 0 Å². The molecule has 0 rings (SSSR count). The molecule has 3 nitrogen and oxygen atoms in total. The minimum Gasteiger partial charge on any atom is -0.347 e. The Balaban J connectivity index is 3.50. The van der Waals surface area contributed by atoms with Gasteiger partial charge in [0, 0.05) is 13.1 Å². The lowest BCUT2D eigenvalue weighted by molar-refractivity contribution is 0.406. The highest BCUT2D eigenvalue weighted by molar-refractivity contribution is 7.46. The Labute approximate surface area is 64.2 Å². The second kappa shape index (κ2) is 6.05. The summed E-state index contributed by atoms with van der Waals surface area (Å²) in [6.07, 6.45) is 2.10. The summed E-state index contributed by atoms with van der Waals surface area (Å²) in [5, 5.41) is 0. The Bertz CT molecular complexity index is 74.1. The summed E-state index contributed by atoms with van der Waals surface area (Å²) in [5.74, 6) is 0. The van der Waals surface area contributed by atoms with Gasteiger partial charge in [-0.15, -0.1) is 0 Å². The van der Waals surface area contributed by atoms with Gasteiger partial charge < -0.3 is 4.89 Å². The minimum atomic E-state index is -1.34. The molecule has 0 saturated heterocycles. The molecule has 0 aromatic heterocycles. The molecule has 1 atom stereocenters. The molecule has 0 fully saturated rings. The molecular weight excluding hydrogens is 147 g/mol. The molecule has 0 saturated carbocycles. The molecule has 0 heterocycles. The fourth-order valence-electron chi connectivity index (χ4n) is 0.833. The summed E-state index contributed by atoms with van der Waals surface area (Å²) in [6.45, 7) is 5.99. The normalized spacial score (nSPS) is 14.1. The maximum atomic E-state index is 9.04. The largest absolute Gasteiger partial charge is 0.347 e. The molecule has 0 aliphatic carbocycles. The highest BCUT2D eigenvalue weighted by Crippen LogP contribution is 2.25. The molecule has 62 valence electrons. The lowest BCUT2D eigenvalue weighted by atomic mass is 10.4. The van der Waals surface area contributed by atoms with Crippen LogP contribution in [0, 0.1) is 0 Å². The van der Waals surface area contributed by atoms with E-state index in [1.165, 1.54) is 0 Å². The Morgan fingerprint density at radius 3 is 1.90 bits per heavy atom. The lowest BCUT2D eigenvalue weighted by Gasteiger charge is -2.21. The van der Waals surface area contributed by atoms with Gasteiger partial charge in [0.25, 0.3) is 0 Å². The number of hydrogen-bond donors (Lipinski definition) is 2. The Hall–Kier alpha value is 0.310. The number of nitrogens with two attached hydrogens (primary N) is 1. The van der Waals surface area contributed by atoms with Gasteiger partial charge in [-0.05, 0) is 12.8 Å². The maximum absolute atomic E-state index is 9.04. The van der Waals surface area contributed by atoms with Gasteiger partial charge in [0.15, 0.2) is 8.45 Å². The summed E-state index contributed by atoms with van der Waals surface area (Å²) in [4.78, 5) is 9.04. The average Bonchev–Trinajstić information content (AvgIpc) is 1.87. The topological polar surface area (TPSA) is 49.5 Å². The predicted molar refractivity (Wildman–Crippen MR) is 45.5 cm³/mol. The van der Waals surface area contributed by atoms with Crippen LogP contribution in [0.25, 0.3) is 0 Å². The fraction of sp³-hybridized carbons (Fsp3) is 1.00. The summed E-state index contributed by atoms with van der Waals surface area (Å²) < 4.78 is 1.93. The summed E-state index contributed by atoms with van der Waals surface area (Å²) >= 11 is 0. The molecule has 0 aliphatic rings. The third-order valence-electron chi connectivity index (χ3n) is 1.25. The van der Waals surface area contributed by atoms with Crippen LogP contribution in [0.3, 0.4) is 0 Å². The van der Waals surface area contributed by atoms with Gasteiger partial charge >= 0.3 is 0 Å². The zero-order valence-electron chi connectivity index (χ0n) is 6.75. The van der Waals surface area contributed by atoms with Crippen molar-refractivity contribution in [3.63, 3.8) is 0 Å². The monoisotopic (exact) mass is 164 g/mol. The molecule has 0 amide bonds. The van der Waals surface area contributed by atoms with Crippen LogP contribution in [0.15, 0.2) is 0 Å². The second-order valence-corrected chi connectivity index (χ2v) is 3.48. The first-order valence-corrected chi connectivity index (χ1v) is 5.02. The van der Waals surface area contributed by atoms with E-state index < -0.39 is 8.45 Å². The summed E-state index contributed by atoms with van der Waals surface area (Å²) in [5.41, 5.74) is 5.36. The van der Waals surface area contributed by atoms with Crippen LogP contribution in [0.5, 0.6) is 0 Å². The van der Waals surface area contributed by atoms with Gasteiger partial charge in [-0.3, -0.25) is 5.50 Å². The molecule has 1 unspecified atom stereocenters. The zero-order valence-corrected chi connectivity index (χ0v) is 7.64. The molecule has 0 aromatic rings. The van der Waals surface area contributed by atoms with E-state index in [1.54, 1.807) is 0 Å². The van der Waals surface area contributed by atoms with Crippen molar-refractivity contribution in [1.29, 1.82) is 0 Å². The molecule has 3 N–H and O–H groups in total. The van der Waals surface area contributed by atoms with Gasteiger partial charge in [0.2, 0.25) is 0 Å². The minimum absolute atomic E-state index is 0.909. The van der Waals surface area contributed by atoms with Crippen LogP contribution in [-0.4, -0.2) is 22.7 Å². The number of hydrogen-bond acceptors (Lipinski definition) is 3. The predicted octanol–water partition coefficient (Wildman–Crippen LogP) is 1.29. The van der Waals surface area contributed by atoms with Crippen LogP contribution in [0.1, 0.15) is 26.7 Å². The molecule has 0 spiro atoms. The van der Waals surface area contributed by atoms with Crippen molar-refractivity contribution in [3.05, 3.63) is 0 Å². The van der Waals surface area contributed by atoms with E-state index in [2.05, 4.69) is 13.8 Å². The molecule has 0 bridgehead atoms. The molecule has 0 radical (unpaired) electrons. The van der Waals surface area contributed by atoms with E-state index in [1.807, 2.05) is 4.67 Å². The number of nitrogens with zero attached hydrogens (tertiary/aromatic N) is 1. The standard InChI is InChI=1S/C6H17N2OP/c1-3-5-8(6-4-2)10(7)9/h9H,3-7H2,1-2H3. The van der Waals surface area contributed by atoms with E-state index in [9.17, 15) is 0 Å². The van der Waals surface area contributed by atoms with E-state index in [0.29, 0.717) is 0 Å². The van der Waals surface area contributed by atoms with E-state index in [0.717, 1.165) is 25.9 Å². The van der Waals surface area contributed by atoms with Gasteiger partial charge in [0.05, 0.1) is 0 Å². The van der Waals surface area contributed by atoms with Crippen LogP contribution >= 0.6 is 8.45 Å². The van der Waals surface area contributed by atoms with Gasteiger partial charge in [-0.25, -0.2) is 4.67 Å². The smallest absolute Gasteiger partial charge is 0.179 e. The van der Waals surface area contributed by atoms with Crippen LogP contribution in [-0.2, 0) is 0 Å². The quantitative estimate of drug-likeness (QED) is 0.602. The van der Waals surface area contributed by atoms with Gasteiger partial charge in [-0.1, -0.05) is 13.8 Å². The first kappa shape index (κ1) is 10.3. The number of rotatable bonds is 5. The molecular formula is C6H17N2OP. The fourth-order valence-corrected chi connectivity index (χ4v) is 1.64. The first-order chi connectivity index (χ1) is 4.72. The maximum Gasteiger partial charge on any atom is 0.179 e. The third kappa shape index (κ3) is 4.18. The summed E-state index contributed by atoms with van der Waals surface area (Å²) in [7, 11) is -1.34. The van der Waals surface area contributed by atoms with E-state index >= 15 is 0 Å². The van der Waals surface area contributed by atoms with Crippen molar-refractivity contribution in [2.24, 2.45) is 5.50 Å². The van der Waals surface area contributed by atoms with Crippen molar-refractivity contribution < 1.29 is 4.89 Å². The highest BCUT2D eigenvalue weighted by Gasteiger charge is 2.08. The SMILES string of the molecule is CCCN(CCC)P(N)O. The zero-order chi connectivity index (χ0) is 7.98. The van der Waals surface area contributed by atoms with Crippen LogP contribution in [0.2, 0.25) is 0 Å². The van der Waals surface area contributed by atoms with Crippen molar-refractivity contribution in [3.8, 4) is 0 Å². The Kier molecular flexibility index (Phi) is 6.24. The molecule has 0 aliphatic heterocycles. The van der Waals surface area contributed by atoms with Crippen molar-refractivity contribution >= 4 is 8.45 Å². The van der Waals surface area contributed by atoms with Crippen molar-refractivity contribution in [2.75, 3.05) is 13.1 Å². The Morgan fingerprint density at radius 1 is 1.30 bits per heavy atom. The average molecular weight is 164 g/mol. The molecule has 4 heteroatoms. The van der Waals surface area contributed by atoms with Gasteiger partial charge in [0.1, 0.15) is 0 Å². The summed E-state index contributed by atoms with van der Waals surface area (Å²) in [6, 6.07) is 0. The third-order valence-corrected chi connectivity index (χ3v) is 2.23. The first-order valence-electron chi connectivity index (χ1n) is 3.70.